The topological polar surface area (TPSA) is 75.6 Å². The lowest BCUT2D eigenvalue weighted by Crippen LogP contribution is -2.49. The summed E-state index contributed by atoms with van der Waals surface area (Å²) in [7, 11) is 0. The highest BCUT2D eigenvalue weighted by Crippen LogP contribution is 2.14. The molecule has 5 nitrogen and oxygen atoms in total. The molecule has 0 aliphatic carbocycles. The smallest absolute Gasteiger partial charge is 0.326 e. The number of carboxylic acid groups (broad SMARTS) is 1. The van der Waals surface area contributed by atoms with Crippen LogP contribution in [0.4, 0.5) is 4.39 Å². The Morgan fingerprint density at radius 1 is 1.38 bits per heavy atom. The molecule has 0 fully saturated rings. The van der Waals surface area contributed by atoms with Gasteiger partial charge in [-0.1, -0.05) is 26.3 Å². The Balaban J connectivity index is 2.67. The van der Waals surface area contributed by atoms with Crippen LogP contribution in [0.5, 0.6) is 5.75 Å². The second kappa shape index (κ2) is 7.61. The van der Waals surface area contributed by atoms with Crippen LogP contribution < -0.4 is 10.1 Å². The van der Waals surface area contributed by atoms with E-state index in [4.69, 9.17) is 9.84 Å². The van der Waals surface area contributed by atoms with Crippen molar-refractivity contribution in [2.45, 2.75) is 39.3 Å². The standard InChI is InChI=1S/C15H20FNO4/c1-4-9(2)13(15(19)20)17-14(18)10(3)21-12-7-5-6-11(16)8-12/h5-10,13H,4H2,1-3H3,(H,17,18)(H,19,20). The van der Waals surface area contributed by atoms with Crippen molar-refractivity contribution in [1.82, 2.24) is 5.32 Å². The number of halogens is 1. The Hall–Kier alpha value is -2.11. The van der Waals surface area contributed by atoms with Crippen LogP contribution in [0.15, 0.2) is 24.3 Å². The minimum Gasteiger partial charge on any atom is -0.481 e. The van der Waals surface area contributed by atoms with Crippen LogP contribution in [0, 0.1) is 11.7 Å². The molecule has 0 aliphatic heterocycles. The maximum Gasteiger partial charge on any atom is 0.326 e. The number of benzene rings is 1. The SMILES string of the molecule is CCC(C)C(NC(=O)C(C)Oc1cccc(F)c1)C(=O)O. The fourth-order valence-electron chi connectivity index (χ4n) is 1.75. The first-order chi connectivity index (χ1) is 9.85. The summed E-state index contributed by atoms with van der Waals surface area (Å²) < 4.78 is 18.3. The van der Waals surface area contributed by atoms with Crippen LogP contribution in [0.3, 0.4) is 0 Å². The van der Waals surface area contributed by atoms with Crippen molar-refractivity contribution >= 4 is 11.9 Å². The fraction of sp³-hybridized carbons (Fsp3) is 0.467. The number of amides is 1. The molecule has 2 N–H and O–H groups in total. The molecule has 0 saturated carbocycles. The Kier molecular flexibility index (Phi) is 6.14. The number of aliphatic carboxylic acids is 1. The molecule has 1 amide bonds. The first-order valence-corrected chi connectivity index (χ1v) is 6.80. The van der Waals surface area contributed by atoms with Gasteiger partial charge >= 0.3 is 5.97 Å². The highest BCUT2D eigenvalue weighted by atomic mass is 19.1. The van der Waals surface area contributed by atoms with Gasteiger partial charge in [-0.15, -0.1) is 0 Å². The van der Waals surface area contributed by atoms with Gasteiger partial charge in [0.25, 0.3) is 5.91 Å². The van der Waals surface area contributed by atoms with Crippen LogP contribution in [0.25, 0.3) is 0 Å². The number of nitrogens with one attached hydrogen (secondary N) is 1. The molecular formula is C15H20FNO4. The number of hydrogen-bond donors (Lipinski definition) is 2. The maximum atomic E-state index is 13.0. The van der Waals surface area contributed by atoms with Crippen molar-refractivity contribution in [1.29, 1.82) is 0 Å². The summed E-state index contributed by atoms with van der Waals surface area (Å²) in [5, 5.41) is 11.6. The minimum atomic E-state index is -1.09. The van der Waals surface area contributed by atoms with Crippen molar-refractivity contribution in [3.8, 4) is 5.75 Å². The van der Waals surface area contributed by atoms with Crippen molar-refractivity contribution < 1.29 is 23.8 Å². The predicted octanol–water partition coefficient (Wildman–Crippen LogP) is 2.21. The lowest BCUT2D eigenvalue weighted by molar-refractivity contribution is -0.144. The third-order valence-corrected chi connectivity index (χ3v) is 3.25. The van der Waals surface area contributed by atoms with Crippen molar-refractivity contribution in [2.75, 3.05) is 0 Å². The van der Waals surface area contributed by atoms with Crippen LogP contribution in [0.2, 0.25) is 0 Å². The molecule has 0 radical (unpaired) electrons. The Morgan fingerprint density at radius 3 is 2.57 bits per heavy atom. The molecular weight excluding hydrogens is 277 g/mol. The monoisotopic (exact) mass is 297 g/mol. The van der Waals surface area contributed by atoms with E-state index in [1.54, 1.807) is 6.92 Å². The van der Waals surface area contributed by atoms with E-state index in [2.05, 4.69) is 5.32 Å². The van der Waals surface area contributed by atoms with Gasteiger partial charge in [0.15, 0.2) is 6.10 Å². The van der Waals surface area contributed by atoms with Crippen LogP contribution in [-0.4, -0.2) is 29.1 Å². The van der Waals surface area contributed by atoms with E-state index in [9.17, 15) is 14.0 Å². The fourth-order valence-corrected chi connectivity index (χ4v) is 1.75. The zero-order valence-corrected chi connectivity index (χ0v) is 12.3. The first kappa shape index (κ1) is 16.9. The van der Waals surface area contributed by atoms with Crippen LogP contribution in [0.1, 0.15) is 27.2 Å². The van der Waals surface area contributed by atoms with E-state index in [1.165, 1.54) is 25.1 Å². The summed E-state index contributed by atoms with van der Waals surface area (Å²) in [4.78, 5) is 23.1. The van der Waals surface area contributed by atoms with Gasteiger partial charge in [-0.2, -0.15) is 0 Å². The molecule has 0 aromatic heterocycles. The van der Waals surface area contributed by atoms with E-state index in [-0.39, 0.29) is 11.7 Å². The quantitative estimate of drug-likeness (QED) is 0.809. The molecule has 21 heavy (non-hydrogen) atoms. The number of carbonyl (C=O) groups excluding carboxylic acids is 1. The summed E-state index contributed by atoms with van der Waals surface area (Å²) in [6, 6.07) is 4.44. The Bertz CT molecular complexity index is 506. The van der Waals surface area contributed by atoms with Gasteiger partial charge < -0.3 is 15.2 Å². The van der Waals surface area contributed by atoms with Crippen LogP contribution in [-0.2, 0) is 9.59 Å². The van der Waals surface area contributed by atoms with Crippen molar-refractivity contribution in [3.63, 3.8) is 0 Å². The molecule has 1 aromatic rings. The number of hydrogen-bond acceptors (Lipinski definition) is 3. The Labute approximate surface area is 123 Å². The van der Waals surface area contributed by atoms with E-state index in [0.717, 1.165) is 6.07 Å². The van der Waals surface area contributed by atoms with Gasteiger partial charge in [0.2, 0.25) is 0 Å². The largest absolute Gasteiger partial charge is 0.481 e. The third kappa shape index (κ3) is 5.06. The second-order valence-corrected chi connectivity index (χ2v) is 4.93. The van der Waals surface area contributed by atoms with E-state index < -0.39 is 29.8 Å². The lowest BCUT2D eigenvalue weighted by Gasteiger charge is -2.22. The zero-order chi connectivity index (χ0) is 16.0. The van der Waals surface area contributed by atoms with Gasteiger partial charge in [-0.3, -0.25) is 4.79 Å². The average Bonchev–Trinajstić information content (AvgIpc) is 2.43. The summed E-state index contributed by atoms with van der Waals surface area (Å²) >= 11 is 0. The highest BCUT2D eigenvalue weighted by Gasteiger charge is 2.27. The van der Waals surface area contributed by atoms with E-state index in [0.29, 0.717) is 6.42 Å². The molecule has 0 spiro atoms. The zero-order valence-electron chi connectivity index (χ0n) is 12.3. The van der Waals surface area contributed by atoms with Gasteiger partial charge in [0.1, 0.15) is 17.6 Å². The maximum absolute atomic E-state index is 13.0. The van der Waals surface area contributed by atoms with Crippen LogP contribution >= 0.6 is 0 Å². The van der Waals surface area contributed by atoms with E-state index in [1.807, 2.05) is 6.92 Å². The van der Waals surface area contributed by atoms with Crippen molar-refractivity contribution in [3.05, 3.63) is 30.1 Å². The van der Waals surface area contributed by atoms with Gasteiger partial charge in [0.05, 0.1) is 0 Å². The lowest BCUT2D eigenvalue weighted by atomic mass is 9.99. The molecule has 6 heteroatoms. The number of carbonyl (C=O) groups is 2. The van der Waals surface area contributed by atoms with Gasteiger partial charge in [-0.05, 0) is 25.0 Å². The Morgan fingerprint density at radius 2 is 2.05 bits per heavy atom. The molecule has 1 aromatic carbocycles. The third-order valence-electron chi connectivity index (χ3n) is 3.25. The first-order valence-electron chi connectivity index (χ1n) is 6.80. The summed E-state index contributed by atoms with van der Waals surface area (Å²) in [5.41, 5.74) is 0. The molecule has 3 atom stereocenters. The molecule has 0 saturated heterocycles. The molecule has 0 heterocycles. The second-order valence-electron chi connectivity index (χ2n) is 4.93. The molecule has 1 rings (SSSR count). The molecule has 3 unspecified atom stereocenters. The number of carboxylic acids is 1. The van der Waals surface area contributed by atoms with Gasteiger partial charge in [0, 0.05) is 6.07 Å². The minimum absolute atomic E-state index is 0.201. The summed E-state index contributed by atoms with van der Waals surface area (Å²) in [6.07, 6.45) is -0.297. The predicted molar refractivity (Wildman–Crippen MR) is 75.5 cm³/mol. The summed E-state index contributed by atoms with van der Waals surface area (Å²) in [5.74, 6) is -2.09. The number of rotatable bonds is 7. The van der Waals surface area contributed by atoms with Crippen molar-refractivity contribution in [2.24, 2.45) is 5.92 Å². The molecule has 0 bridgehead atoms. The molecule has 0 aliphatic rings. The molecule has 116 valence electrons. The number of ether oxygens (including phenoxy) is 1. The summed E-state index contributed by atoms with van der Waals surface area (Å²) in [6.45, 7) is 5.08. The average molecular weight is 297 g/mol. The van der Waals surface area contributed by atoms with Gasteiger partial charge in [-0.25, -0.2) is 9.18 Å². The van der Waals surface area contributed by atoms with E-state index >= 15 is 0 Å². The highest BCUT2D eigenvalue weighted by molar-refractivity contribution is 5.86. The normalized spacial score (nSPS) is 14.9.